The number of rotatable bonds is 8. The van der Waals surface area contributed by atoms with Gasteiger partial charge in [0.15, 0.2) is 11.6 Å². The average molecular weight is 523 g/mol. The lowest BCUT2D eigenvalue weighted by Crippen LogP contribution is -2.17. The predicted octanol–water partition coefficient (Wildman–Crippen LogP) is 9.60. The van der Waals surface area contributed by atoms with Crippen LogP contribution in [-0.4, -0.2) is 6.36 Å². The van der Waals surface area contributed by atoms with Gasteiger partial charge in [-0.3, -0.25) is 0 Å². The van der Waals surface area contributed by atoms with Crippen LogP contribution in [0.25, 0.3) is 21.9 Å². The molecular weight excluding hydrogens is 495 g/mol. The fourth-order valence-electron chi connectivity index (χ4n) is 4.30. The van der Waals surface area contributed by atoms with Gasteiger partial charge >= 0.3 is 6.36 Å². The maximum Gasteiger partial charge on any atom is 0.573 e. The van der Waals surface area contributed by atoms with Crippen LogP contribution in [0, 0.1) is 23.5 Å². The van der Waals surface area contributed by atoms with Crippen molar-refractivity contribution in [1.82, 2.24) is 0 Å². The third kappa shape index (κ3) is 7.13. The fourth-order valence-corrected chi connectivity index (χ4v) is 4.30. The minimum atomic E-state index is -5.02. The number of hydrogen-bond donors (Lipinski definition) is 0. The van der Waals surface area contributed by atoms with Crippen molar-refractivity contribution >= 4 is 10.8 Å². The number of benzene rings is 4. The molecule has 4 aromatic carbocycles. The van der Waals surface area contributed by atoms with Gasteiger partial charge in [-0.1, -0.05) is 80.8 Å². The van der Waals surface area contributed by atoms with Gasteiger partial charge in [-0.2, -0.15) is 0 Å². The molecule has 0 heterocycles. The Kier molecular flexibility index (Phi) is 8.68. The Labute approximate surface area is 219 Å². The van der Waals surface area contributed by atoms with Crippen LogP contribution in [0.1, 0.15) is 55.7 Å². The first-order valence-corrected chi connectivity index (χ1v) is 12.6. The zero-order valence-electron chi connectivity index (χ0n) is 21.0. The lowest BCUT2D eigenvalue weighted by molar-refractivity contribution is -0.275. The third-order valence-corrected chi connectivity index (χ3v) is 6.30. The van der Waals surface area contributed by atoms with E-state index in [1.807, 2.05) is 12.1 Å². The van der Waals surface area contributed by atoms with Gasteiger partial charge in [0.2, 0.25) is 0 Å². The van der Waals surface area contributed by atoms with Gasteiger partial charge in [-0.25, -0.2) is 8.78 Å². The van der Waals surface area contributed by atoms with Crippen molar-refractivity contribution in [1.29, 1.82) is 0 Å². The first kappa shape index (κ1) is 27.2. The predicted molar refractivity (Wildman–Crippen MR) is 141 cm³/mol. The Morgan fingerprint density at radius 1 is 0.737 bits per heavy atom. The number of fused-ring (bicyclic) bond motifs is 1. The van der Waals surface area contributed by atoms with Crippen molar-refractivity contribution in [2.75, 3.05) is 0 Å². The van der Waals surface area contributed by atoms with Gasteiger partial charge in [-0.15, -0.1) is 13.2 Å². The normalized spacial score (nSPS) is 11.3. The van der Waals surface area contributed by atoms with E-state index in [1.165, 1.54) is 49.8 Å². The monoisotopic (exact) mass is 522 g/mol. The largest absolute Gasteiger partial charge is 0.573 e. The lowest BCUT2D eigenvalue weighted by atomic mass is 9.98. The summed E-state index contributed by atoms with van der Waals surface area (Å²) in [5, 5.41) is 0.904. The molecule has 6 heteroatoms. The summed E-state index contributed by atoms with van der Waals surface area (Å²) in [6.07, 6.45) is 2.29. The number of alkyl halides is 3. The Morgan fingerprint density at radius 3 is 2.16 bits per heavy atom. The molecule has 0 spiro atoms. The molecule has 0 amide bonds. The zero-order chi connectivity index (χ0) is 27.1. The van der Waals surface area contributed by atoms with Crippen molar-refractivity contribution in [3.05, 3.63) is 101 Å². The highest BCUT2D eigenvalue weighted by molar-refractivity contribution is 5.89. The fraction of sp³-hybridized carbons (Fsp3) is 0.250. The van der Waals surface area contributed by atoms with E-state index in [2.05, 4.69) is 35.6 Å². The molecule has 1 nitrogen and oxygen atoms in total. The molecule has 4 rings (SSSR count). The summed E-state index contributed by atoms with van der Waals surface area (Å²) in [6.45, 7) is 2.21. The third-order valence-electron chi connectivity index (χ3n) is 6.30. The van der Waals surface area contributed by atoms with E-state index in [0.29, 0.717) is 16.3 Å². The van der Waals surface area contributed by atoms with E-state index in [0.717, 1.165) is 24.1 Å². The summed E-state index contributed by atoms with van der Waals surface area (Å²) < 4.78 is 70.2. The molecule has 196 valence electrons. The summed E-state index contributed by atoms with van der Waals surface area (Å²) in [6, 6.07) is 19.3. The molecule has 0 aliphatic heterocycles. The second kappa shape index (κ2) is 12.1. The second-order valence-corrected chi connectivity index (χ2v) is 9.17. The van der Waals surface area contributed by atoms with E-state index in [1.54, 1.807) is 24.3 Å². The van der Waals surface area contributed by atoms with Crippen LogP contribution in [-0.2, 0) is 6.42 Å². The highest BCUT2D eigenvalue weighted by Crippen LogP contribution is 2.33. The van der Waals surface area contributed by atoms with Crippen LogP contribution in [0.15, 0.2) is 72.8 Å². The molecule has 0 fully saturated rings. The molecule has 0 saturated heterocycles. The van der Waals surface area contributed by atoms with E-state index in [-0.39, 0.29) is 11.1 Å². The molecule has 0 aliphatic rings. The molecule has 0 radical (unpaired) electrons. The van der Waals surface area contributed by atoms with Gasteiger partial charge in [0.25, 0.3) is 0 Å². The van der Waals surface area contributed by atoms with Gasteiger partial charge in [0.05, 0.1) is 0 Å². The van der Waals surface area contributed by atoms with Crippen molar-refractivity contribution in [2.45, 2.75) is 51.8 Å². The zero-order valence-corrected chi connectivity index (χ0v) is 21.0. The summed E-state index contributed by atoms with van der Waals surface area (Å²) in [7, 11) is 0. The molecule has 0 atom stereocenters. The smallest absolute Gasteiger partial charge is 0.403 e. The topological polar surface area (TPSA) is 9.23 Å². The standard InChI is InChI=1S/C32H27F5O/c1-2-3-4-5-6-7-22-8-10-23(11-9-22)12-13-24-14-17-27-25(20-24)15-18-28(31(27)34)26-16-19-30(29(33)21-26)38-32(35,36)37/h8-11,14-21H,2-7H2,1H3. The molecule has 38 heavy (non-hydrogen) atoms. The molecule has 0 N–H and O–H groups in total. The molecular formula is C32H27F5O. The van der Waals surface area contributed by atoms with E-state index >= 15 is 4.39 Å². The van der Waals surface area contributed by atoms with Crippen molar-refractivity contribution < 1.29 is 26.7 Å². The first-order valence-electron chi connectivity index (χ1n) is 12.6. The molecule has 0 unspecified atom stereocenters. The van der Waals surface area contributed by atoms with Crippen LogP contribution < -0.4 is 4.74 Å². The minimum Gasteiger partial charge on any atom is -0.403 e. The maximum absolute atomic E-state index is 15.3. The van der Waals surface area contributed by atoms with Crippen molar-refractivity contribution in [3.63, 3.8) is 0 Å². The van der Waals surface area contributed by atoms with E-state index < -0.39 is 23.7 Å². The Balaban J connectivity index is 1.48. The van der Waals surface area contributed by atoms with Crippen LogP contribution in [0.4, 0.5) is 22.0 Å². The van der Waals surface area contributed by atoms with E-state index in [9.17, 15) is 17.6 Å². The van der Waals surface area contributed by atoms with Gasteiger partial charge in [0, 0.05) is 22.1 Å². The highest BCUT2D eigenvalue weighted by Gasteiger charge is 2.32. The lowest BCUT2D eigenvalue weighted by Gasteiger charge is -2.12. The Morgan fingerprint density at radius 2 is 1.45 bits per heavy atom. The Bertz CT molecular complexity index is 1460. The first-order chi connectivity index (χ1) is 18.2. The molecule has 0 saturated carbocycles. The molecule has 4 aromatic rings. The van der Waals surface area contributed by atoms with Gasteiger partial charge in [0.1, 0.15) is 5.82 Å². The van der Waals surface area contributed by atoms with Gasteiger partial charge < -0.3 is 4.74 Å². The number of halogens is 5. The number of hydrogen-bond acceptors (Lipinski definition) is 1. The second-order valence-electron chi connectivity index (χ2n) is 9.17. The average Bonchev–Trinajstić information content (AvgIpc) is 2.89. The summed E-state index contributed by atoms with van der Waals surface area (Å²) in [4.78, 5) is 0. The molecule has 0 aliphatic carbocycles. The van der Waals surface area contributed by atoms with Crippen LogP contribution in [0.2, 0.25) is 0 Å². The summed E-state index contributed by atoms with van der Waals surface area (Å²) in [5.74, 6) is 3.45. The quantitative estimate of drug-likeness (QED) is 0.127. The van der Waals surface area contributed by atoms with Crippen molar-refractivity contribution in [2.24, 2.45) is 0 Å². The summed E-state index contributed by atoms with van der Waals surface area (Å²) in [5.41, 5.74) is 3.07. The summed E-state index contributed by atoms with van der Waals surface area (Å²) >= 11 is 0. The molecule has 0 aromatic heterocycles. The molecule has 0 bridgehead atoms. The van der Waals surface area contributed by atoms with Crippen LogP contribution in [0.5, 0.6) is 5.75 Å². The van der Waals surface area contributed by atoms with E-state index in [4.69, 9.17) is 0 Å². The highest BCUT2D eigenvalue weighted by atomic mass is 19.4. The van der Waals surface area contributed by atoms with Crippen LogP contribution >= 0.6 is 0 Å². The van der Waals surface area contributed by atoms with Crippen molar-refractivity contribution in [3.8, 4) is 28.7 Å². The number of aryl methyl sites for hydroxylation is 1. The maximum atomic E-state index is 15.3. The number of ether oxygens (including phenoxy) is 1. The minimum absolute atomic E-state index is 0.0687. The SMILES string of the molecule is CCCCCCCc1ccc(C#Cc2ccc3c(F)c(-c4ccc(OC(F)(F)F)c(F)c4)ccc3c2)cc1. The van der Waals surface area contributed by atoms with Crippen LogP contribution in [0.3, 0.4) is 0 Å². The number of unbranched alkanes of at least 4 members (excludes halogenated alkanes) is 4. The Hall–Kier alpha value is -3.85. The van der Waals surface area contributed by atoms with Gasteiger partial charge in [-0.05, 0) is 65.8 Å².